The molecule has 126 valence electrons. The Hall–Kier alpha value is -1.71. The van der Waals surface area contributed by atoms with E-state index in [9.17, 15) is 19.5 Å². The number of carbonyl (C=O) groups excluding carboxylic acids is 1. The van der Waals surface area contributed by atoms with Crippen LogP contribution in [0.1, 0.15) is 10.4 Å². The second-order valence-corrected chi connectivity index (χ2v) is 7.14. The molecule has 9 heteroatoms. The van der Waals surface area contributed by atoms with Crippen LogP contribution in [0.2, 0.25) is 0 Å². The smallest absolute Gasteiger partial charge is 0.335 e. The van der Waals surface area contributed by atoms with Gasteiger partial charge in [-0.2, -0.15) is 0 Å². The van der Waals surface area contributed by atoms with E-state index in [1.807, 2.05) is 0 Å². The first-order valence-electron chi connectivity index (χ1n) is 6.89. The van der Waals surface area contributed by atoms with Crippen LogP contribution in [0.5, 0.6) is 0 Å². The summed E-state index contributed by atoms with van der Waals surface area (Å²) in [6, 6.07) is 5.62. The van der Waals surface area contributed by atoms with Crippen molar-refractivity contribution in [3.8, 4) is 0 Å². The molecule has 2 aliphatic heterocycles. The van der Waals surface area contributed by atoms with Gasteiger partial charge in [0.1, 0.15) is 18.1 Å². The van der Waals surface area contributed by atoms with Crippen molar-refractivity contribution in [1.82, 2.24) is 0 Å². The summed E-state index contributed by atoms with van der Waals surface area (Å²) < 4.78 is 6.84. The molecule has 7 nitrogen and oxygen atoms in total. The Morgan fingerprint density at radius 1 is 0.958 bits per heavy atom. The quantitative estimate of drug-likeness (QED) is 0.635. The molecular weight excluding hydrogens is 450 g/mol. The zero-order chi connectivity index (χ0) is 17.6. The molecule has 1 saturated heterocycles. The summed E-state index contributed by atoms with van der Waals surface area (Å²) in [5.74, 6) is -4.55. The first kappa shape index (κ1) is 17.1. The molecule has 1 aromatic rings. The van der Waals surface area contributed by atoms with Crippen LogP contribution in [0.15, 0.2) is 33.2 Å². The third-order valence-corrected chi connectivity index (χ3v) is 6.34. The topological polar surface area (TPSA) is 113 Å². The van der Waals surface area contributed by atoms with Crippen LogP contribution in [0.4, 0.5) is 5.69 Å². The largest absolute Gasteiger partial charge is 0.481 e. The van der Waals surface area contributed by atoms with Gasteiger partial charge in [-0.15, -0.1) is 0 Å². The van der Waals surface area contributed by atoms with E-state index >= 15 is 0 Å². The van der Waals surface area contributed by atoms with Gasteiger partial charge in [0.15, 0.2) is 0 Å². The molecule has 24 heavy (non-hydrogen) atoms. The lowest BCUT2D eigenvalue weighted by Gasteiger charge is -2.24. The number of ether oxygens (including phenoxy) is 1. The number of fused-ring (bicyclic) bond motifs is 2. The van der Waals surface area contributed by atoms with E-state index in [2.05, 4.69) is 37.2 Å². The highest BCUT2D eigenvalue weighted by molar-refractivity contribution is 9.14. The Morgan fingerprint density at radius 2 is 1.50 bits per heavy atom. The maximum absolute atomic E-state index is 12.6. The van der Waals surface area contributed by atoms with E-state index < -0.39 is 41.9 Å². The van der Waals surface area contributed by atoms with Crippen molar-refractivity contribution in [1.29, 1.82) is 0 Å². The molecule has 0 unspecified atom stereocenters. The second-order valence-electron chi connectivity index (χ2n) is 5.43. The molecule has 1 amide bonds. The lowest BCUT2D eigenvalue weighted by molar-refractivity contribution is -0.146. The average Bonchev–Trinajstić information content (AvgIpc) is 3.05. The van der Waals surface area contributed by atoms with Gasteiger partial charge in [0.2, 0.25) is 5.91 Å². The fourth-order valence-electron chi connectivity index (χ4n) is 2.92. The molecule has 4 atom stereocenters. The number of aromatic carboxylic acids is 1. The van der Waals surface area contributed by atoms with Gasteiger partial charge in [0.25, 0.3) is 0 Å². The van der Waals surface area contributed by atoms with E-state index in [1.54, 1.807) is 0 Å². The van der Waals surface area contributed by atoms with Crippen LogP contribution in [-0.4, -0.2) is 40.3 Å². The Labute approximate surface area is 152 Å². The Bertz CT molecular complexity index is 760. The van der Waals surface area contributed by atoms with Crippen molar-refractivity contribution in [2.45, 2.75) is 12.2 Å². The second kappa shape index (κ2) is 6.30. The number of anilines is 1. The highest BCUT2D eigenvalue weighted by Crippen LogP contribution is 2.51. The van der Waals surface area contributed by atoms with Crippen LogP contribution in [0.25, 0.3) is 0 Å². The van der Waals surface area contributed by atoms with Crippen LogP contribution >= 0.6 is 31.9 Å². The zero-order valence-electron chi connectivity index (χ0n) is 11.9. The number of aliphatic carboxylic acids is 1. The molecule has 1 aromatic carbocycles. The SMILES string of the molecule is O=C(O)c1ccc(NC(=O)[C@@H]2[C@@H](C(=O)O)[C@H]3O[C@H]2C(Br)=C3Br)cc1. The normalized spacial score (nSPS) is 28.1. The lowest BCUT2D eigenvalue weighted by atomic mass is 9.82. The summed E-state index contributed by atoms with van der Waals surface area (Å²) >= 11 is 6.62. The zero-order valence-corrected chi connectivity index (χ0v) is 15.1. The van der Waals surface area contributed by atoms with Crippen molar-refractivity contribution < 1.29 is 29.3 Å². The van der Waals surface area contributed by atoms with Gasteiger partial charge < -0.3 is 20.3 Å². The number of hydrogen-bond acceptors (Lipinski definition) is 4. The van der Waals surface area contributed by atoms with E-state index in [0.29, 0.717) is 14.7 Å². The molecule has 0 radical (unpaired) electrons. The highest BCUT2D eigenvalue weighted by atomic mass is 79.9. The minimum Gasteiger partial charge on any atom is -0.481 e. The summed E-state index contributed by atoms with van der Waals surface area (Å²) in [4.78, 5) is 34.9. The molecule has 2 aliphatic rings. The van der Waals surface area contributed by atoms with Gasteiger partial charge in [-0.25, -0.2) is 4.79 Å². The predicted octanol–water partition coefficient (Wildman–Crippen LogP) is 2.42. The minimum absolute atomic E-state index is 0.0919. The number of nitrogens with one attached hydrogen (secondary N) is 1. The van der Waals surface area contributed by atoms with Gasteiger partial charge >= 0.3 is 11.9 Å². The Morgan fingerprint density at radius 3 is 2.00 bits per heavy atom. The molecule has 0 saturated carbocycles. The maximum atomic E-state index is 12.6. The maximum Gasteiger partial charge on any atom is 0.335 e. The van der Waals surface area contributed by atoms with Gasteiger partial charge in [-0.3, -0.25) is 9.59 Å². The fourth-order valence-corrected chi connectivity index (χ4v) is 4.15. The standard InChI is InChI=1S/C15H11Br2NO6/c16-9-10(17)12-8(15(22)23)7(11(9)24-12)13(19)18-6-3-1-5(2-4-6)14(20)21/h1-4,7-8,11-12H,(H,18,19)(H,20,21)(H,22,23)/t7-,8-,11-,12-/m1/s1. The summed E-state index contributed by atoms with van der Waals surface area (Å²) in [6.45, 7) is 0. The molecule has 0 aromatic heterocycles. The van der Waals surface area contributed by atoms with E-state index in [4.69, 9.17) is 9.84 Å². The number of carboxylic acids is 2. The number of hydrogen-bond donors (Lipinski definition) is 3. The number of rotatable bonds is 4. The monoisotopic (exact) mass is 459 g/mol. The third kappa shape index (κ3) is 2.76. The predicted molar refractivity (Wildman–Crippen MR) is 90.2 cm³/mol. The number of amides is 1. The third-order valence-electron chi connectivity index (χ3n) is 4.05. The van der Waals surface area contributed by atoms with Crippen LogP contribution in [-0.2, 0) is 14.3 Å². The van der Waals surface area contributed by atoms with Gasteiger partial charge in [0.05, 0.1) is 11.5 Å². The van der Waals surface area contributed by atoms with Gasteiger partial charge in [0, 0.05) is 14.7 Å². The van der Waals surface area contributed by atoms with E-state index in [1.165, 1.54) is 24.3 Å². The summed E-state index contributed by atoms with van der Waals surface area (Å²) in [5, 5.41) is 20.9. The summed E-state index contributed by atoms with van der Waals surface area (Å²) in [5.41, 5.74) is 0.477. The molecular formula is C15H11Br2NO6. The van der Waals surface area contributed by atoms with Crippen LogP contribution in [0.3, 0.4) is 0 Å². The summed E-state index contributed by atoms with van der Waals surface area (Å²) in [6.07, 6.45) is -1.37. The fraction of sp³-hybridized carbons (Fsp3) is 0.267. The first-order chi connectivity index (χ1) is 11.3. The number of benzene rings is 1. The Kier molecular flexibility index (Phi) is 4.50. The van der Waals surface area contributed by atoms with Crippen LogP contribution < -0.4 is 5.32 Å². The number of halogens is 2. The van der Waals surface area contributed by atoms with Crippen molar-refractivity contribution in [3.63, 3.8) is 0 Å². The van der Waals surface area contributed by atoms with Crippen molar-refractivity contribution in [2.75, 3.05) is 5.32 Å². The average molecular weight is 461 g/mol. The number of carboxylic acid groups (broad SMARTS) is 2. The van der Waals surface area contributed by atoms with Crippen molar-refractivity contribution >= 4 is 55.4 Å². The number of carbonyl (C=O) groups is 3. The molecule has 2 bridgehead atoms. The van der Waals surface area contributed by atoms with Crippen molar-refractivity contribution in [2.24, 2.45) is 11.8 Å². The van der Waals surface area contributed by atoms with Crippen LogP contribution in [0, 0.1) is 11.8 Å². The minimum atomic E-state index is -1.11. The lowest BCUT2D eigenvalue weighted by Crippen LogP contribution is -2.40. The Balaban J connectivity index is 1.81. The van der Waals surface area contributed by atoms with Gasteiger partial charge in [-0.05, 0) is 24.3 Å². The molecule has 0 aliphatic carbocycles. The molecule has 1 fully saturated rings. The molecule has 0 spiro atoms. The highest BCUT2D eigenvalue weighted by Gasteiger charge is 2.58. The van der Waals surface area contributed by atoms with E-state index in [0.717, 1.165) is 0 Å². The van der Waals surface area contributed by atoms with Crippen molar-refractivity contribution in [3.05, 3.63) is 38.8 Å². The van der Waals surface area contributed by atoms with Gasteiger partial charge in [-0.1, -0.05) is 31.9 Å². The molecule has 2 heterocycles. The van der Waals surface area contributed by atoms with E-state index in [-0.39, 0.29) is 5.56 Å². The summed E-state index contributed by atoms with van der Waals surface area (Å²) in [7, 11) is 0. The molecule has 3 N–H and O–H groups in total. The molecule has 3 rings (SSSR count). The first-order valence-corrected chi connectivity index (χ1v) is 8.47.